The highest BCUT2D eigenvalue weighted by molar-refractivity contribution is 8.00. The average Bonchev–Trinajstić information content (AvgIpc) is 3.69. The normalized spacial score (nSPS) is 13.9. The molecule has 0 bridgehead atoms. The number of rotatable bonds is 10. The second kappa shape index (κ2) is 12.2. The molecular formula is C31H32FN5O3S. The Kier molecular flexibility index (Phi) is 8.11. The first-order valence-electron chi connectivity index (χ1n) is 13.7. The van der Waals surface area contributed by atoms with Crippen LogP contribution < -0.4 is 14.8 Å². The Balaban J connectivity index is 1.36. The maximum Gasteiger partial charge on any atom is 0.147 e. The summed E-state index contributed by atoms with van der Waals surface area (Å²) in [4.78, 5) is 4.74. The van der Waals surface area contributed by atoms with Gasteiger partial charge in [0.05, 0.1) is 29.6 Å². The smallest absolute Gasteiger partial charge is 0.147 e. The third-order valence-corrected chi connectivity index (χ3v) is 7.89. The molecule has 1 aliphatic heterocycles. The van der Waals surface area contributed by atoms with Crippen molar-refractivity contribution >= 4 is 34.4 Å². The van der Waals surface area contributed by atoms with Crippen molar-refractivity contribution in [1.29, 1.82) is 0 Å². The van der Waals surface area contributed by atoms with Crippen LogP contribution in [0.4, 0.5) is 15.9 Å². The van der Waals surface area contributed by atoms with Crippen molar-refractivity contribution in [2.45, 2.75) is 32.4 Å². The molecule has 5 aromatic rings. The molecular weight excluding hydrogens is 541 g/mol. The molecule has 212 valence electrons. The number of benzene rings is 2. The maximum atomic E-state index is 13.4. The molecule has 0 spiro atoms. The van der Waals surface area contributed by atoms with Crippen molar-refractivity contribution in [2.24, 2.45) is 0 Å². The van der Waals surface area contributed by atoms with Crippen LogP contribution in [0.5, 0.6) is 5.75 Å². The molecule has 2 N–H and O–H groups in total. The molecule has 2 aromatic carbocycles. The molecule has 41 heavy (non-hydrogen) atoms. The fourth-order valence-corrected chi connectivity index (χ4v) is 5.53. The van der Waals surface area contributed by atoms with Gasteiger partial charge in [0.25, 0.3) is 0 Å². The van der Waals surface area contributed by atoms with Gasteiger partial charge >= 0.3 is 0 Å². The number of nitrogens with zero attached hydrogens (tertiary/aromatic N) is 3. The van der Waals surface area contributed by atoms with Crippen molar-refractivity contribution < 1.29 is 18.3 Å². The Morgan fingerprint density at radius 2 is 1.90 bits per heavy atom. The Hall–Kier alpha value is -4.02. The predicted octanol–water partition coefficient (Wildman–Crippen LogP) is 7.55. The van der Waals surface area contributed by atoms with Gasteiger partial charge in [-0.05, 0) is 48.2 Å². The largest absolute Gasteiger partial charge is 0.487 e. The van der Waals surface area contributed by atoms with Gasteiger partial charge in [0, 0.05) is 55.1 Å². The number of hydrogen-bond acceptors (Lipinski definition) is 8. The van der Waals surface area contributed by atoms with E-state index < -0.39 is 0 Å². The number of furan rings is 1. The zero-order valence-electron chi connectivity index (χ0n) is 23.0. The van der Waals surface area contributed by atoms with Crippen LogP contribution in [-0.4, -0.2) is 40.8 Å². The van der Waals surface area contributed by atoms with Crippen molar-refractivity contribution in [2.75, 3.05) is 36.1 Å². The molecule has 4 heterocycles. The van der Waals surface area contributed by atoms with Crippen LogP contribution >= 0.6 is 11.9 Å². The van der Waals surface area contributed by atoms with Crippen molar-refractivity contribution in [3.63, 3.8) is 0 Å². The lowest BCUT2D eigenvalue weighted by Crippen LogP contribution is -2.19. The van der Waals surface area contributed by atoms with Crippen LogP contribution in [0.2, 0.25) is 0 Å². The summed E-state index contributed by atoms with van der Waals surface area (Å²) in [6, 6.07) is 12.7. The third kappa shape index (κ3) is 5.75. The van der Waals surface area contributed by atoms with Gasteiger partial charge in [0.1, 0.15) is 29.6 Å². The first kappa shape index (κ1) is 27.2. The van der Waals surface area contributed by atoms with E-state index in [2.05, 4.69) is 28.3 Å². The number of halogens is 1. The number of pyridine rings is 1. The SMILES string of the molecule is CCSNc1ccc(-c2coc3c(-c4cnn(C5CCOCC5)c4)cnc(NC)c23)cc1OCc1ccc(F)cc1. The van der Waals surface area contributed by atoms with Crippen molar-refractivity contribution in [3.05, 3.63) is 78.7 Å². The second-order valence-electron chi connectivity index (χ2n) is 9.84. The van der Waals surface area contributed by atoms with E-state index in [1.54, 1.807) is 30.3 Å². The standard InChI is InChI=1S/C31H32FN5O3S/c1-3-41-36-27-9-6-21(14-28(27)39-18-20-4-7-23(32)8-5-20)26-19-40-30-25(16-34-31(33-2)29(26)30)22-15-35-37(17-22)24-10-12-38-13-11-24/h4-9,14-17,19,24,36H,3,10-13,18H2,1-2H3,(H,33,34). The van der Waals surface area contributed by atoms with Crippen LogP contribution in [-0.2, 0) is 11.3 Å². The van der Waals surface area contributed by atoms with E-state index in [4.69, 9.17) is 18.9 Å². The van der Waals surface area contributed by atoms with E-state index in [0.717, 1.165) is 82.1 Å². The Morgan fingerprint density at radius 3 is 2.68 bits per heavy atom. The molecule has 1 aliphatic rings. The zero-order chi connectivity index (χ0) is 28.2. The molecule has 0 amide bonds. The summed E-state index contributed by atoms with van der Waals surface area (Å²) >= 11 is 1.59. The molecule has 0 aliphatic carbocycles. The fourth-order valence-electron chi connectivity index (χ4n) is 5.06. The first-order valence-corrected chi connectivity index (χ1v) is 14.7. The van der Waals surface area contributed by atoms with E-state index in [-0.39, 0.29) is 5.82 Å². The van der Waals surface area contributed by atoms with Gasteiger partial charge in [-0.3, -0.25) is 4.68 Å². The fraction of sp³-hybridized carbons (Fsp3) is 0.290. The summed E-state index contributed by atoms with van der Waals surface area (Å²) in [6.07, 6.45) is 9.45. The van der Waals surface area contributed by atoms with Crippen molar-refractivity contribution in [3.8, 4) is 28.0 Å². The molecule has 1 fully saturated rings. The van der Waals surface area contributed by atoms with Gasteiger partial charge in [-0.25, -0.2) is 9.37 Å². The van der Waals surface area contributed by atoms with Crippen LogP contribution in [0.25, 0.3) is 33.2 Å². The molecule has 3 aromatic heterocycles. The third-order valence-electron chi connectivity index (χ3n) is 7.24. The molecule has 0 saturated carbocycles. The predicted molar refractivity (Wildman–Crippen MR) is 162 cm³/mol. The minimum atomic E-state index is -0.270. The van der Waals surface area contributed by atoms with Gasteiger partial charge in [-0.1, -0.05) is 37.1 Å². The highest BCUT2D eigenvalue weighted by Crippen LogP contribution is 2.42. The lowest BCUT2D eigenvalue weighted by Gasteiger charge is -2.22. The maximum absolute atomic E-state index is 13.4. The number of hydrogen-bond donors (Lipinski definition) is 2. The summed E-state index contributed by atoms with van der Waals surface area (Å²) in [6.45, 7) is 3.90. The molecule has 0 atom stereocenters. The van der Waals surface area contributed by atoms with Gasteiger partial charge in [0.15, 0.2) is 0 Å². The molecule has 10 heteroatoms. The molecule has 0 unspecified atom stereocenters. The minimum absolute atomic E-state index is 0.270. The number of nitrogens with one attached hydrogen (secondary N) is 2. The number of aromatic nitrogens is 3. The highest BCUT2D eigenvalue weighted by atomic mass is 32.2. The Morgan fingerprint density at radius 1 is 1.07 bits per heavy atom. The first-order chi connectivity index (χ1) is 20.1. The summed E-state index contributed by atoms with van der Waals surface area (Å²) in [5.41, 5.74) is 6.15. The van der Waals surface area contributed by atoms with E-state index in [1.807, 2.05) is 42.3 Å². The van der Waals surface area contributed by atoms with Crippen molar-refractivity contribution in [1.82, 2.24) is 14.8 Å². The lowest BCUT2D eigenvalue weighted by atomic mass is 10.0. The lowest BCUT2D eigenvalue weighted by molar-refractivity contribution is 0.0662. The Bertz CT molecular complexity index is 1630. The van der Waals surface area contributed by atoms with E-state index in [0.29, 0.717) is 18.4 Å². The van der Waals surface area contributed by atoms with Gasteiger partial charge in [-0.2, -0.15) is 5.10 Å². The number of anilines is 2. The number of fused-ring (bicyclic) bond motifs is 1. The summed E-state index contributed by atoms with van der Waals surface area (Å²) in [5.74, 6) is 2.04. The summed E-state index contributed by atoms with van der Waals surface area (Å²) < 4.78 is 36.8. The van der Waals surface area contributed by atoms with Crippen LogP contribution in [0.3, 0.4) is 0 Å². The topological polar surface area (TPSA) is 86.4 Å². The van der Waals surface area contributed by atoms with Gasteiger partial charge < -0.3 is 23.9 Å². The quantitative estimate of drug-likeness (QED) is 0.166. The second-order valence-corrected chi connectivity index (χ2v) is 10.9. The van der Waals surface area contributed by atoms with Crippen LogP contribution in [0, 0.1) is 5.82 Å². The summed E-state index contributed by atoms with van der Waals surface area (Å²) in [5, 5.41) is 8.77. The molecule has 8 nitrogen and oxygen atoms in total. The van der Waals surface area contributed by atoms with Crippen LogP contribution in [0.15, 0.2) is 71.7 Å². The highest BCUT2D eigenvalue weighted by Gasteiger charge is 2.21. The van der Waals surface area contributed by atoms with E-state index in [1.165, 1.54) is 12.1 Å². The van der Waals surface area contributed by atoms with Crippen LogP contribution in [0.1, 0.15) is 31.4 Å². The Labute approximate surface area is 242 Å². The van der Waals surface area contributed by atoms with E-state index in [9.17, 15) is 4.39 Å². The van der Waals surface area contributed by atoms with E-state index >= 15 is 0 Å². The molecule has 0 radical (unpaired) electrons. The summed E-state index contributed by atoms with van der Waals surface area (Å²) in [7, 11) is 1.85. The minimum Gasteiger partial charge on any atom is -0.487 e. The number of ether oxygens (including phenoxy) is 2. The van der Waals surface area contributed by atoms with Gasteiger partial charge in [-0.15, -0.1) is 0 Å². The molecule has 1 saturated heterocycles. The van der Waals surface area contributed by atoms with Gasteiger partial charge in [0.2, 0.25) is 0 Å². The monoisotopic (exact) mass is 573 g/mol. The molecule has 6 rings (SSSR count). The average molecular weight is 574 g/mol. The zero-order valence-corrected chi connectivity index (χ0v) is 23.8.